The minimum atomic E-state index is 0.0616. The number of hydrogen-bond acceptors (Lipinski definition) is 4. The summed E-state index contributed by atoms with van der Waals surface area (Å²) in [5.41, 5.74) is 2.48. The summed E-state index contributed by atoms with van der Waals surface area (Å²) in [5.74, 6) is 2.77. The minimum Gasteiger partial charge on any atom is -0.493 e. The Bertz CT molecular complexity index is 606. The molecule has 2 aromatic rings. The van der Waals surface area contributed by atoms with Gasteiger partial charge >= 0.3 is 0 Å². The molecular weight excluding hydrogens is 266 g/mol. The van der Waals surface area contributed by atoms with Crippen LogP contribution in [-0.2, 0) is 17.8 Å². The van der Waals surface area contributed by atoms with E-state index in [1.54, 1.807) is 7.11 Å². The van der Waals surface area contributed by atoms with E-state index in [1.165, 1.54) is 11.1 Å². The van der Waals surface area contributed by atoms with Gasteiger partial charge in [0, 0.05) is 13.5 Å². The average molecular weight is 287 g/mol. The highest BCUT2D eigenvalue weighted by molar-refractivity contribution is 5.42. The number of methoxy groups -OCH3 is 1. The lowest BCUT2D eigenvalue weighted by atomic mass is 10.0. The molecule has 0 spiro atoms. The number of benzene rings is 1. The Morgan fingerprint density at radius 2 is 2.19 bits per heavy atom. The van der Waals surface area contributed by atoms with Crippen LogP contribution in [0.2, 0.25) is 0 Å². The van der Waals surface area contributed by atoms with Crippen LogP contribution < -0.4 is 10.1 Å². The van der Waals surface area contributed by atoms with Gasteiger partial charge in [-0.15, -0.1) is 0 Å². The van der Waals surface area contributed by atoms with Gasteiger partial charge in [-0.3, -0.25) is 0 Å². The molecule has 0 saturated carbocycles. The Kier molecular flexibility index (Phi) is 4.27. The van der Waals surface area contributed by atoms with E-state index < -0.39 is 0 Å². The normalized spacial score (nSPS) is 14.8. The summed E-state index contributed by atoms with van der Waals surface area (Å²) >= 11 is 0. The fourth-order valence-corrected chi connectivity index (χ4v) is 2.74. The molecule has 3 rings (SSSR count). The van der Waals surface area contributed by atoms with Gasteiger partial charge in [-0.25, -0.2) is 0 Å². The number of ether oxygens (including phenoxy) is 2. The second-order valence-electron chi connectivity index (χ2n) is 5.19. The molecule has 1 aliphatic rings. The van der Waals surface area contributed by atoms with Crippen LogP contribution in [0.25, 0.3) is 0 Å². The van der Waals surface area contributed by atoms with Crippen molar-refractivity contribution in [2.75, 3.05) is 20.3 Å². The van der Waals surface area contributed by atoms with Gasteiger partial charge in [-0.1, -0.05) is 13.0 Å². The Labute approximate surface area is 125 Å². The third kappa shape index (κ3) is 2.96. The summed E-state index contributed by atoms with van der Waals surface area (Å²) in [7, 11) is 1.67. The maximum atomic E-state index is 5.89. The molecule has 0 fully saturated rings. The summed E-state index contributed by atoms with van der Waals surface area (Å²) in [5, 5.41) is 3.49. The van der Waals surface area contributed by atoms with Crippen molar-refractivity contribution in [3.63, 3.8) is 0 Å². The van der Waals surface area contributed by atoms with Crippen LogP contribution in [0.15, 0.2) is 34.7 Å². The summed E-state index contributed by atoms with van der Waals surface area (Å²) in [6, 6.07) is 10.4. The topological polar surface area (TPSA) is 43.6 Å². The van der Waals surface area contributed by atoms with Crippen molar-refractivity contribution in [3.05, 3.63) is 53.0 Å². The van der Waals surface area contributed by atoms with E-state index in [-0.39, 0.29) is 6.04 Å². The summed E-state index contributed by atoms with van der Waals surface area (Å²) in [6.07, 6.45) is 0.981. The summed E-state index contributed by atoms with van der Waals surface area (Å²) < 4.78 is 16.6. The molecule has 1 atom stereocenters. The summed E-state index contributed by atoms with van der Waals surface area (Å²) in [4.78, 5) is 0. The van der Waals surface area contributed by atoms with Gasteiger partial charge < -0.3 is 19.2 Å². The molecule has 0 radical (unpaired) electrons. The van der Waals surface area contributed by atoms with Crippen molar-refractivity contribution in [1.82, 2.24) is 5.32 Å². The predicted octanol–water partition coefficient (Wildman–Crippen LogP) is 3.06. The number of hydrogen-bond donors (Lipinski definition) is 1. The van der Waals surface area contributed by atoms with Gasteiger partial charge in [-0.05, 0) is 41.9 Å². The Morgan fingerprint density at radius 1 is 1.29 bits per heavy atom. The van der Waals surface area contributed by atoms with Crippen molar-refractivity contribution < 1.29 is 13.9 Å². The van der Waals surface area contributed by atoms with Gasteiger partial charge in [0.2, 0.25) is 0 Å². The zero-order valence-electron chi connectivity index (χ0n) is 12.5. The minimum absolute atomic E-state index is 0.0616. The number of nitrogens with one attached hydrogen (secondary N) is 1. The second-order valence-corrected chi connectivity index (χ2v) is 5.19. The lowest BCUT2D eigenvalue weighted by Gasteiger charge is -2.17. The molecule has 1 unspecified atom stereocenters. The highest BCUT2D eigenvalue weighted by atomic mass is 16.5. The third-order valence-electron chi connectivity index (χ3n) is 3.71. The molecule has 112 valence electrons. The molecular formula is C17H21NO3. The standard InChI is InChI=1S/C17H21NO3/c1-3-18-17(16-7-5-14(21-16)11-19-2)13-4-6-15-12(10-13)8-9-20-15/h4-7,10,17-18H,3,8-9,11H2,1-2H3. The third-order valence-corrected chi connectivity index (χ3v) is 3.71. The predicted molar refractivity (Wildman–Crippen MR) is 80.6 cm³/mol. The van der Waals surface area contributed by atoms with Crippen molar-refractivity contribution in [3.8, 4) is 5.75 Å². The lowest BCUT2D eigenvalue weighted by molar-refractivity contribution is 0.162. The number of furan rings is 1. The first-order valence-electron chi connectivity index (χ1n) is 7.38. The van der Waals surface area contributed by atoms with Crippen molar-refractivity contribution in [2.24, 2.45) is 0 Å². The second kappa shape index (κ2) is 6.33. The van der Waals surface area contributed by atoms with E-state index in [0.29, 0.717) is 6.61 Å². The van der Waals surface area contributed by atoms with Crippen LogP contribution in [-0.4, -0.2) is 20.3 Å². The smallest absolute Gasteiger partial charge is 0.129 e. The van der Waals surface area contributed by atoms with Gasteiger partial charge in [0.15, 0.2) is 0 Å². The van der Waals surface area contributed by atoms with E-state index in [4.69, 9.17) is 13.9 Å². The van der Waals surface area contributed by atoms with Crippen LogP contribution in [0.4, 0.5) is 0 Å². The number of fused-ring (bicyclic) bond motifs is 1. The van der Waals surface area contributed by atoms with Gasteiger partial charge in [0.05, 0.1) is 12.6 Å². The fraction of sp³-hybridized carbons (Fsp3) is 0.412. The zero-order valence-corrected chi connectivity index (χ0v) is 12.5. The maximum absolute atomic E-state index is 5.89. The molecule has 0 saturated heterocycles. The van der Waals surface area contributed by atoms with Crippen LogP contribution in [0.5, 0.6) is 5.75 Å². The molecule has 1 aromatic carbocycles. The van der Waals surface area contributed by atoms with Crippen LogP contribution in [0.1, 0.15) is 35.6 Å². The molecule has 4 nitrogen and oxygen atoms in total. The van der Waals surface area contributed by atoms with Crippen LogP contribution >= 0.6 is 0 Å². The molecule has 0 bridgehead atoms. The Hall–Kier alpha value is -1.78. The van der Waals surface area contributed by atoms with Crippen LogP contribution in [0.3, 0.4) is 0 Å². The summed E-state index contributed by atoms with van der Waals surface area (Å²) in [6.45, 7) is 4.25. The van der Waals surface area contributed by atoms with Crippen molar-refractivity contribution in [2.45, 2.75) is 26.0 Å². The monoisotopic (exact) mass is 287 g/mol. The first-order valence-corrected chi connectivity index (χ1v) is 7.38. The van der Waals surface area contributed by atoms with Gasteiger partial charge in [0.25, 0.3) is 0 Å². The molecule has 1 aliphatic heterocycles. The zero-order chi connectivity index (χ0) is 14.7. The Morgan fingerprint density at radius 3 is 3.00 bits per heavy atom. The SMILES string of the molecule is CCNC(c1ccc2c(c1)CCO2)c1ccc(COC)o1. The fourth-order valence-electron chi connectivity index (χ4n) is 2.74. The van der Waals surface area contributed by atoms with Crippen molar-refractivity contribution in [1.29, 1.82) is 0 Å². The van der Waals surface area contributed by atoms with Crippen molar-refractivity contribution >= 4 is 0 Å². The van der Waals surface area contributed by atoms with E-state index in [0.717, 1.165) is 36.8 Å². The van der Waals surface area contributed by atoms with Crippen LogP contribution in [0, 0.1) is 0 Å². The van der Waals surface area contributed by atoms with Gasteiger partial charge in [0.1, 0.15) is 23.9 Å². The van der Waals surface area contributed by atoms with E-state index in [2.05, 4.69) is 30.4 Å². The molecule has 2 heterocycles. The largest absolute Gasteiger partial charge is 0.493 e. The van der Waals surface area contributed by atoms with E-state index in [9.17, 15) is 0 Å². The Balaban J connectivity index is 1.89. The first kappa shape index (κ1) is 14.2. The molecule has 21 heavy (non-hydrogen) atoms. The lowest BCUT2D eigenvalue weighted by Crippen LogP contribution is -2.21. The van der Waals surface area contributed by atoms with Gasteiger partial charge in [-0.2, -0.15) is 0 Å². The number of rotatable bonds is 6. The molecule has 1 N–H and O–H groups in total. The van der Waals surface area contributed by atoms with E-state index in [1.807, 2.05) is 12.1 Å². The molecule has 4 heteroatoms. The average Bonchev–Trinajstić information content (AvgIpc) is 3.13. The molecule has 1 aromatic heterocycles. The highest BCUT2D eigenvalue weighted by Gasteiger charge is 2.20. The quantitative estimate of drug-likeness (QED) is 0.887. The maximum Gasteiger partial charge on any atom is 0.129 e. The molecule has 0 aliphatic carbocycles. The highest BCUT2D eigenvalue weighted by Crippen LogP contribution is 2.31. The molecule has 0 amide bonds. The van der Waals surface area contributed by atoms with E-state index >= 15 is 0 Å². The first-order chi connectivity index (χ1) is 10.3.